The second kappa shape index (κ2) is 7.20. The summed E-state index contributed by atoms with van der Waals surface area (Å²) < 4.78 is 0. The molecule has 0 saturated carbocycles. The van der Waals surface area contributed by atoms with Crippen molar-refractivity contribution in [3.63, 3.8) is 0 Å². The van der Waals surface area contributed by atoms with Crippen LogP contribution in [0.4, 0.5) is 0 Å². The molecule has 3 nitrogen and oxygen atoms in total. The highest BCUT2D eigenvalue weighted by molar-refractivity contribution is 4.71. The molecule has 1 atom stereocenters. The van der Waals surface area contributed by atoms with Crippen molar-refractivity contribution in [2.75, 3.05) is 33.2 Å². The Bertz CT molecular complexity index is 156. The lowest BCUT2D eigenvalue weighted by atomic mass is 9.97. The highest BCUT2D eigenvalue weighted by Crippen LogP contribution is 2.14. The lowest BCUT2D eigenvalue weighted by molar-refractivity contribution is 0.157. The van der Waals surface area contributed by atoms with E-state index in [0.29, 0.717) is 0 Å². The van der Waals surface area contributed by atoms with Gasteiger partial charge in [0, 0.05) is 0 Å². The molecule has 15 heavy (non-hydrogen) atoms. The van der Waals surface area contributed by atoms with E-state index >= 15 is 0 Å². The molecule has 1 unspecified atom stereocenters. The van der Waals surface area contributed by atoms with Gasteiger partial charge in [0.05, 0.1) is 6.10 Å². The fraction of sp³-hybridized carbons (Fsp3) is 1.00. The zero-order valence-corrected chi connectivity index (χ0v) is 10.2. The van der Waals surface area contributed by atoms with Crippen molar-refractivity contribution in [3.8, 4) is 0 Å². The largest absolute Gasteiger partial charge is 0.393 e. The molecule has 0 amide bonds. The van der Waals surface area contributed by atoms with Crippen molar-refractivity contribution in [3.05, 3.63) is 0 Å². The summed E-state index contributed by atoms with van der Waals surface area (Å²) in [6.45, 7) is 6.60. The number of hydrogen-bond acceptors (Lipinski definition) is 3. The van der Waals surface area contributed by atoms with Crippen LogP contribution < -0.4 is 5.32 Å². The molecule has 2 N–H and O–H groups in total. The van der Waals surface area contributed by atoms with E-state index in [-0.39, 0.29) is 6.10 Å². The third kappa shape index (κ3) is 5.50. The molecule has 1 heterocycles. The van der Waals surface area contributed by atoms with E-state index in [2.05, 4.69) is 17.3 Å². The third-order valence-corrected chi connectivity index (χ3v) is 3.40. The number of piperidine rings is 1. The summed E-state index contributed by atoms with van der Waals surface area (Å²) in [5, 5.41) is 12.8. The minimum absolute atomic E-state index is 0.116. The molecule has 1 aliphatic heterocycles. The molecule has 0 spiro atoms. The van der Waals surface area contributed by atoms with Crippen LogP contribution >= 0.6 is 0 Å². The van der Waals surface area contributed by atoms with E-state index in [9.17, 15) is 5.11 Å². The minimum Gasteiger partial charge on any atom is -0.393 e. The van der Waals surface area contributed by atoms with Crippen LogP contribution in [0.2, 0.25) is 0 Å². The second-order valence-electron chi connectivity index (χ2n) is 4.80. The molecule has 0 radical (unpaired) electrons. The lowest BCUT2D eigenvalue weighted by Crippen LogP contribution is -2.35. The second-order valence-corrected chi connectivity index (χ2v) is 4.80. The highest BCUT2D eigenvalue weighted by atomic mass is 16.3. The van der Waals surface area contributed by atoms with Crippen LogP contribution in [-0.4, -0.2) is 49.3 Å². The van der Waals surface area contributed by atoms with E-state index in [4.69, 9.17) is 0 Å². The maximum atomic E-state index is 9.38. The average molecular weight is 214 g/mol. The fourth-order valence-corrected chi connectivity index (χ4v) is 2.05. The van der Waals surface area contributed by atoms with Gasteiger partial charge in [0.2, 0.25) is 0 Å². The Labute approximate surface area is 93.9 Å². The predicted molar refractivity (Wildman–Crippen MR) is 64.0 cm³/mol. The van der Waals surface area contributed by atoms with Gasteiger partial charge < -0.3 is 15.3 Å². The smallest absolute Gasteiger partial charge is 0.0549 e. The van der Waals surface area contributed by atoms with Crippen LogP contribution in [0.25, 0.3) is 0 Å². The molecular weight excluding hydrogens is 188 g/mol. The van der Waals surface area contributed by atoms with Gasteiger partial charge in [0.15, 0.2) is 0 Å². The first-order valence-electron chi connectivity index (χ1n) is 6.29. The summed E-state index contributed by atoms with van der Waals surface area (Å²) in [5.74, 6) is 0.847. The van der Waals surface area contributed by atoms with Crippen molar-refractivity contribution in [2.45, 2.75) is 38.7 Å². The Morgan fingerprint density at radius 2 is 2.07 bits per heavy atom. The minimum atomic E-state index is -0.116. The third-order valence-electron chi connectivity index (χ3n) is 3.40. The van der Waals surface area contributed by atoms with E-state index < -0.39 is 0 Å². The van der Waals surface area contributed by atoms with Crippen molar-refractivity contribution in [1.29, 1.82) is 0 Å². The van der Waals surface area contributed by atoms with E-state index in [1.807, 2.05) is 6.92 Å². The van der Waals surface area contributed by atoms with Crippen molar-refractivity contribution in [2.24, 2.45) is 5.92 Å². The fourth-order valence-electron chi connectivity index (χ4n) is 2.05. The summed E-state index contributed by atoms with van der Waals surface area (Å²) in [5.41, 5.74) is 0. The zero-order chi connectivity index (χ0) is 11.1. The normalized spacial score (nSPS) is 21.8. The first-order chi connectivity index (χ1) is 7.22. The van der Waals surface area contributed by atoms with Gasteiger partial charge in [-0.2, -0.15) is 0 Å². The maximum Gasteiger partial charge on any atom is 0.0549 e. The Balaban J connectivity index is 1.96. The predicted octanol–water partition coefficient (Wildman–Crippen LogP) is 1.08. The Morgan fingerprint density at radius 3 is 2.67 bits per heavy atom. The van der Waals surface area contributed by atoms with Crippen LogP contribution in [0.5, 0.6) is 0 Å². The topological polar surface area (TPSA) is 35.5 Å². The van der Waals surface area contributed by atoms with Gasteiger partial charge in [-0.3, -0.25) is 0 Å². The quantitative estimate of drug-likeness (QED) is 0.650. The number of nitrogens with one attached hydrogen (secondary N) is 1. The van der Waals surface area contributed by atoms with Crippen LogP contribution in [0.15, 0.2) is 0 Å². The van der Waals surface area contributed by atoms with Crippen molar-refractivity contribution < 1.29 is 5.11 Å². The van der Waals surface area contributed by atoms with Crippen LogP contribution in [0.3, 0.4) is 0 Å². The first kappa shape index (κ1) is 12.9. The molecule has 0 aromatic rings. The number of aliphatic hydroxyl groups is 1. The van der Waals surface area contributed by atoms with Gasteiger partial charge in [0.25, 0.3) is 0 Å². The van der Waals surface area contributed by atoms with E-state index in [0.717, 1.165) is 31.8 Å². The molecule has 1 aliphatic rings. The van der Waals surface area contributed by atoms with Crippen molar-refractivity contribution >= 4 is 0 Å². The molecule has 0 aliphatic carbocycles. The van der Waals surface area contributed by atoms with Gasteiger partial charge in [-0.1, -0.05) is 6.92 Å². The first-order valence-corrected chi connectivity index (χ1v) is 6.29. The van der Waals surface area contributed by atoms with Gasteiger partial charge in [0.1, 0.15) is 0 Å². The number of rotatable bonds is 6. The maximum absolute atomic E-state index is 9.38. The molecule has 0 aromatic carbocycles. The molecule has 1 fully saturated rings. The number of likely N-dealkylation sites (tertiary alicyclic amines) is 1. The average Bonchev–Trinajstić information content (AvgIpc) is 2.26. The highest BCUT2D eigenvalue weighted by Gasteiger charge is 2.15. The zero-order valence-electron chi connectivity index (χ0n) is 10.2. The molecule has 1 saturated heterocycles. The molecular formula is C12H26N2O. The monoisotopic (exact) mass is 214 g/mol. The molecule has 0 aromatic heterocycles. The summed E-state index contributed by atoms with van der Waals surface area (Å²) in [6.07, 6.45) is 4.29. The van der Waals surface area contributed by atoms with Crippen LogP contribution in [0, 0.1) is 5.92 Å². The van der Waals surface area contributed by atoms with E-state index in [1.165, 1.54) is 25.9 Å². The molecule has 0 bridgehead atoms. The molecule has 90 valence electrons. The summed E-state index contributed by atoms with van der Waals surface area (Å²) in [7, 11) is 2.20. The van der Waals surface area contributed by atoms with Gasteiger partial charge in [-0.15, -0.1) is 0 Å². The SMILES string of the molecule is CCC(O)CCNCC1CCN(C)CC1. The van der Waals surface area contributed by atoms with E-state index in [1.54, 1.807) is 0 Å². The van der Waals surface area contributed by atoms with Crippen molar-refractivity contribution in [1.82, 2.24) is 10.2 Å². The van der Waals surface area contributed by atoms with Gasteiger partial charge >= 0.3 is 0 Å². The Morgan fingerprint density at radius 1 is 1.40 bits per heavy atom. The van der Waals surface area contributed by atoms with Gasteiger partial charge in [-0.05, 0) is 64.8 Å². The molecule has 3 heteroatoms. The summed E-state index contributed by atoms with van der Waals surface area (Å²) in [4.78, 5) is 2.40. The van der Waals surface area contributed by atoms with Crippen LogP contribution in [0.1, 0.15) is 32.6 Å². The summed E-state index contributed by atoms with van der Waals surface area (Å²) in [6, 6.07) is 0. The summed E-state index contributed by atoms with van der Waals surface area (Å²) >= 11 is 0. The molecule has 1 rings (SSSR count). The van der Waals surface area contributed by atoms with Gasteiger partial charge in [-0.25, -0.2) is 0 Å². The lowest BCUT2D eigenvalue weighted by Gasteiger charge is -2.29. The standard InChI is InChI=1S/C12H26N2O/c1-3-12(15)4-7-13-10-11-5-8-14(2)9-6-11/h11-13,15H,3-10H2,1-2H3. The number of hydrogen-bond donors (Lipinski definition) is 2. The Kier molecular flexibility index (Phi) is 6.22. The van der Waals surface area contributed by atoms with Crippen LogP contribution in [-0.2, 0) is 0 Å². The Hall–Kier alpha value is -0.120. The number of nitrogens with zero attached hydrogens (tertiary/aromatic N) is 1. The number of aliphatic hydroxyl groups excluding tert-OH is 1.